The van der Waals surface area contributed by atoms with Gasteiger partial charge in [0.25, 0.3) is 5.91 Å². The monoisotopic (exact) mass is 412 g/mol. The van der Waals surface area contributed by atoms with Crippen LogP contribution in [-0.2, 0) is 13.0 Å². The molecule has 1 aliphatic rings. The minimum Gasteiger partial charge on any atom is -0.496 e. The van der Waals surface area contributed by atoms with Gasteiger partial charge in [0.2, 0.25) is 0 Å². The van der Waals surface area contributed by atoms with Gasteiger partial charge in [-0.1, -0.05) is 25.4 Å². The quantitative estimate of drug-likeness (QED) is 0.676. The fourth-order valence-corrected chi connectivity index (χ4v) is 3.53. The van der Waals surface area contributed by atoms with Crippen molar-refractivity contribution < 1.29 is 9.53 Å². The van der Waals surface area contributed by atoms with Crippen molar-refractivity contribution >= 4 is 29.9 Å². The molecule has 6 nitrogen and oxygen atoms in total. The van der Waals surface area contributed by atoms with E-state index >= 15 is 0 Å². The van der Waals surface area contributed by atoms with Crippen LogP contribution < -0.4 is 15.4 Å². The number of nitrogens with one attached hydrogen (secondary N) is 3. The molecule has 0 spiro atoms. The normalized spacial score (nSPS) is 14.3. The van der Waals surface area contributed by atoms with Crippen molar-refractivity contribution in [2.75, 3.05) is 13.7 Å². The molecule has 3 rings (SSSR count). The number of hydrogen-bond donors (Lipinski definition) is 3. The second-order valence-corrected chi connectivity index (χ2v) is 7.43. The van der Waals surface area contributed by atoms with Crippen LogP contribution in [0.2, 0.25) is 5.02 Å². The summed E-state index contributed by atoms with van der Waals surface area (Å²) in [6.45, 7) is 5.79. The first-order valence-corrected chi connectivity index (χ1v) is 9.28. The molecule has 1 aliphatic heterocycles. The number of H-pyrrole nitrogens is 1. The van der Waals surface area contributed by atoms with Crippen LogP contribution in [0.25, 0.3) is 0 Å². The van der Waals surface area contributed by atoms with E-state index in [4.69, 9.17) is 16.3 Å². The Kier molecular flexibility index (Phi) is 7.53. The molecule has 148 valence electrons. The summed E-state index contributed by atoms with van der Waals surface area (Å²) in [6, 6.07) is 5.26. The van der Waals surface area contributed by atoms with E-state index in [1.54, 1.807) is 13.2 Å². The van der Waals surface area contributed by atoms with E-state index in [-0.39, 0.29) is 24.4 Å². The van der Waals surface area contributed by atoms with Gasteiger partial charge in [0.15, 0.2) is 5.69 Å². The van der Waals surface area contributed by atoms with Crippen molar-refractivity contribution in [3.8, 4) is 5.75 Å². The van der Waals surface area contributed by atoms with E-state index in [9.17, 15) is 4.79 Å². The lowest BCUT2D eigenvalue weighted by Crippen LogP contribution is -2.32. The Balaban J connectivity index is 0.00000261. The van der Waals surface area contributed by atoms with Gasteiger partial charge in [-0.25, -0.2) is 0 Å². The standard InChI is InChI=1S/C19H25ClN4O2.ClH/c1-11(2)8-16(13-9-12(20)4-5-17(13)26-3)22-19(25)18-14-10-21-7-6-15(14)23-24-18;/h4-5,9,11,16,21H,6-8,10H2,1-3H3,(H,22,25)(H,23,24);1H. The molecule has 2 aromatic rings. The van der Waals surface area contributed by atoms with Crippen molar-refractivity contribution in [1.29, 1.82) is 0 Å². The van der Waals surface area contributed by atoms with Gasteiger partial charge in [-0.3, -0.25) is 9.89 Å². The van der Waals surface area contributed by atoms with Crippen molar-refractivity contribution in [1.82, 2.24) is 20.8 Å². The smallest absolute Gasteiger partial charge is 0.272 e. The Hall–Kier alpha value is -1.76. The maximum atomic E-state index is 12.9. The van der Waals surface area contributed by atoms with Crippen LogP contribution in [-0.4, -0.2) is 29.8 Å². The number of methoxy groups -OCH3 is 1. The third-order valence-corrected chi connectivity index (χ3v) is 4.84. The summed E-state index contributed by atoms with van der Waals surface area (Å²) in [5, 5.41) is 14.3. The molecule has 1 aromatic carbocycles. The van der Waals surface area contributed by atoms with E-state index in [1.165, 1.54) is 0 Å². The zero-order valence-corrected chi connectivity index (χ0v) is 17.3. The lowest BCUT2D eigenvalue weighted by Gasteiger charge is -2.23. The van der Waals surface area contributed by atoms with Crippen LogP contribution >= 0.6 is 24.0 Å². The van der Waals surface area contributed by atoms with Crippen LogP contribution in [0.1, 0.15) is 53.6 Å². The number of fused-ring (bicyclic) bond motifs is 1. The average molecular weight is 413 g/mol. The maximum absolute atomic E-state index is 12.9. The highest BCUT2D eigenvalue weighted by Gasteiger charge is 2.26. The summed E-state index contributed by atoms with van der Waals surface area (Å²) in [5.41, 5.74) is 3.33. The van der Waals surface area contributed by atoms with Crippen molar-refractivity contribution in [2.24, 2.45) is 5.92 Å². The summed E-state index contributed by atoms with van der Waals surface area (Å²) >= 11 is 6.19. The lowest BCUT2D eigenvalue weighted by molar-refractivity contribution is 0.0925. The van der Waals surface area contributed by atoms with Crippen molar-refractivity contribution in [3.63, 3.8) is 0 Å². The number of halogens is 2. The highest BCUT2D eigenvalue weighted by molar-refractivity contribution is 6.30. The first kappa shape index (κ1) is 21.5. The molecular formula is C19H26Cl2N4O2. The van der Waals surface area contributed by atoms with Crippen molar-refractivity contribution in [3.05, 3.63) is 45.7 Å². The van der Waals surface area contributed by atoms with Gasteiger partial charge in [-0.05, 0) is 30.5 Å². The number of ether oxygens (including phenoxy) is 1. The van der Waals surface area contributed by atoms with Crippen LogP contribution in [0.15, 0.2) is 18.2 Å². The molecule has 0 saturated heterocycles. The van der Waals surface area contributed by atoms with Gasteiger partial charge in [0, 0.05) is 41.4 Å². The van der Waals surface area contributed by atoms with E-state index in [0.29, 0.717) is 28.9 Å². The van der Waals surface area contributed by atoms with Gasteiger partial charge < -0.3 is 15.4 Å². The molecule has 3 N–H and O–H groups in total. The molecule has 1 atom stereocenters. The number of aromatic nitrogens is 2. The van der Waals surface area contributed by atoms with Crippen molar-refractivity contribution in [2.45, 2.75) is 39.3 Å². The maximum Gasteiger partial charge on any atom is 0.272 e. The molecular weight excluding hydrogens is 387 g/mol. The zero-order valence-electron chi connectivity index (χ0n) is 15.8. The minimum absolute atomic E-state index is 0. The number of amides is 1. The predicted octanol–water partition coefficient (Wildman–Crippen LogP) is 3.66. The molecule has 2 heterocycles. The second-order valence-electron chi connectivity index (χ2n) is 7.00. The number of hydrogen-bond acceptors (Lipinski definition) is 4. The van der Waals surface area contributed by atoms with Crippen LogP contribution in [0.4, 0.5) is 0 Å². The van der Waals surface area contributed by atoms with Gasteiger partial charge in [0.05, 0.1) is 13.2 Å². The molecule has 0 bridgehead atoms. The molecule has 0 saturated carbocycles. The highest BCUT2D eigenvalue weighted by atomic mass is 35.5. The Labute approximate surface area is 170 Å². The van der Waals surface area contributed by atoms with Crippen LogP contribution in [0.3, 0.4) is 0 Å². The van der Waals surface area contributed by atoms with Gasteiger partial charge in [0.1, 0.15) is 5.75 Å². The fourth-order valence-electron chi connectivity index (χ4n) is 3.35. The molecule has 27 heavy (non-hydrogen) atoms. The Morgan fingerprint density at radius 2 is 2.19 bits per heavy atom. The minimum atomic E-state index is -0.208. The number of nitrogens with zero attached hydrogens (tertiary/aromatic N) is 1. The largest absolute Gasteiger partial charge is 0.496 e. The number of carbonyl (C=O) groups is 1. The van der Waals surface area contributed by atoms with Crippen LogP contribution in [0.5, 0.6) is 5.75 Å². The van der Waals surface area contributed by atoms with E-state index < -0.39 is 0 Å². The van der Waals surface area contributed by atoms with Crippen LogP contribution in [0, 0.1) is 5.92 Å². The fraction of sp³-hybridized carbons (Fsp3) is 0.474. The van der Waals surface area contributed by atoms with Gasteiger partial charge in [-0.2, -0.15) is 5.10 Å². The topological polar surface area (TPSA) is 79.0 Å². The second kappa shape index (κ2) is 9.44. The molecule has 1 unspecified atom stereocenters. The summed E-state index contributed by atoms with van der Waals surface area (Å²) in [6.07, 6.45) is 1.63. The summed E-state index contributed by atoms with van der Waals surface area (Å²) in [7, 11) is 1.62. The predicted molar refractivity (Wildman–Crippen MR) is 109 cm³/mol. The first-order valence-electron chi connectivity index (χ1n) is 8.90. The van der Waals surface area contributed by atoms with E-state index in [1.807, 2.05) is 12.1 Å². The number of carbonyl (C=O) groups excluding carboxylic acids is 1. The number of aromatic amines is 1. The molecule has 0 radical (unpaired) electrons. The Morgan fingerprint density at radius 1 is 1.41 bits per heavy atom. The Bertz CT molecular complexity index is 792. The molecule has 1 aromatic heterocycles. The van der Waals surface area contributed by atoms with Gasteiger partial charge in [-0.15, -0.1) is 12.4 Å². The summed E-state index contributed by atoms with van der Waals surface area (Å²) in [5.74, 6) is 0.920. The molecule has 1 amide bonds. The van der Waals surface area contributed by atoms with Gasteiger partial charge >= 0.3 is 0 Å². The molecule has 8 heteroatoms. The van der Waals surface area contributed by atoms with E-state index in [2.05, 4.69) is 34.7 Å². The molecule has 0 aliphatic carbocycles. The summed E-state index contributed by atoms with van der Waals surface area (Å²) in [4.78, 5) is 12.9. The SMILES string of the molecule is COc1ccc(Cl)cc1C(CC(C)C)NC(=O)c1n[nH]c2c1CNCC2.Cl. The summed E-state index contributed by atoms with van der Waals surface area (Å²) < 4.78 is 5.48. The number of benzene rings is 1. The first-order chi connectivity index (χ1) is 12.5. The highest BCUT2D eigenvalue weighted by Crippen LogP contribution is 2.32. The average Bonchev–Trinajstić information content (AvgIpc) is 3.05. The third kappa shape index (κ3) is 4.94. The zero-order chi connectivity index (χ0) is 18.7. The van der Waals surface area contributed by atoms with E-state index in [0.717, 1.165) is 36.2 Å². The lowest BCUT2D eigenvalue weighted by atomic mass is 9.95. The Morgan fingerprint density at radius 3 is 2.89 bits per heavy atom. The third-order valence-electron chi connectivity index (χ3n) is 4.60. The molecule has 0 fully saturated rings. The number of rotatable bonds is 6.